The van der Waals surface area contributed by atoms with Gasteiger partial charge in [-0.3, -0.25) is 48.1 Å². The number of halogens is 1. The number of aryl methyl sites for hydroxylation is 1. The van der Waals surface area contributed by atoms with Crippen molar-refractivity contribution in [1.82, 2.24) is 30.0 Å². The van der Waals surface area contributed by atoms with Crippen molar-refractivity contribution >= 4 is 63.8 Å². The van der Waals surface area contributed by atoms with Crippen molar-refractivity contribution in [3.8, 4) is 11.4 Å². The van der Waals surface area contributed by atoms with E-state index in [0.29, 0.717) is 85.0 Å². The highest BCUT2D eigenvalue weighted by Crippen LogP contribution is 2.47. The van der Waals surface area contributed by atoms with E-state index in [1.807, 2.05) is 25.1 Å². The number of rotatable bonds is 27. The van der Waals surface area contributed by atoms with Crippen LogP contribution in [0, 0.1) is 24.6 Å². The van der Waals surface area contributed by atoms with Crippen molar-refractivity contribution in [2.45, 2.75) is 142 Å². The number of pyridine rings is 2. The lowest BCUT2D eigenvalue weighted by molar-refractivity contribution is -0.172. The van der Waals surface area contributed by atoms with E-state index in [2.05, 4.69) is 10.6 Å². The molecule has 3 aliphatic heterocycles. The number of benzene rings is 2. The molecule has 8 rings (SSSR count). The molecule has 1 aliphatic carbocycles. The number of hydrogen-bond donors (Lipinski definition) is 3. The second-order valence-electron chi connectivity index (χ2n) is 21.3. The summed E-state index contributed by atoms with van der Waals surface area (Å²) in [6, 6.07) is 11.5. The fourth-order valence-corrected chi connectivity index (χ4v) is 11.4. The third-order valence-electron chi connectivity index (χ3n) is 15.8. The van der Waals surface area contributed by atoms with Gasteiger partial charge in [0.1, 0.15) is 24.8 Å². The van der Waals surface area contributed by atoms with Crippen LogP contribution in [-0.4, -0.2) is 117 Å². The highest BCUT2D eigenvalue weighted by molar-refractivity contribution is 6.03. The van der Waals surface area contributed by atoms with Gasteiger partial charge >= 0.3 is 5.97 Å². The van der Waals surface area contributed by atoms with E-state index in [9.17, 15) is 53.1 Å². The maximum Gasteiger partial charge on any atom is 0.343 e. The van der Waals surface area contributed by atoms with Gasteiger partial charge in [0.25, 0.3) is 5.56 Å². The van der Waals surface area contributed by atoms with Gasteiger partial charge in [-0.05, 0) is 80.2 Å². The number of Topliss-reactive ketones (excluding diaryl/α,β-unsaturated/α-hetero) is 3. The van der Waals surface area contributed by atoms with Crippen LogP contribution in [0.3, 0.4) is 0 Å². The number of imide groups is 1. The van der Waals surface area contributed by atoms with Gasteiger partial charge in [-0.2, -0.15) is 0 Å². The van der Waals surface area contributed by atoms with Crippen molar-refractivity contribution < 1.29 is 62.1 Å². The quantitative estimate of drug-likeness (QED) is 0.0352. The predicted molar refractivity (Wildman–Crippen MR) is 285 cm³/mol. The number of aliphatic hydroxyl groups is 1. The molecule has 2 aromatic heterocycles. The molecule has 20 heteroatoms. The van der Waals surface area contributed by atoms with Gasteiger partial charge in [-0.15, -0.1) is 0 Å². The first kappa shape index (κ1) is 57.8. The fourth-order valence-electron chi connectivity index (χ4n) is 11.4. The van der Waals surface area contributed by atoms with Crippen LogP contribution in [0.25, 0.3) is 22.3 Å². The molecule has 1 unspecified atom stereocenters. The molecule has 0 saturated carbocycles. The average Bonchev–Trinajstić information content (AvgIpc) is 4.09. The summed E-state index contributed by atoms with van der Waals surface area (Å²) >= 11 is 0. The number of ketones is 3. The molecular formula is C59H69FN6O13. The number of ether oxygens (including phenoxy) is 2. The van der Waals surface area contributed by atoms with E-state index < -0.39 is 52.5 Å². The summed E-state index contributed by atoms with van der Waals surface area (Å²) in [5.74, 6) is -5.11. The van der Waals surface area contributed by atoms with Crippen LogP contribution < -0.4 is 16.2 Å². The molecule has 4 atom stereocenters. The zero-order valence-corrected chi connectivity index (χ0v) is 45.3. The minimum Gasteiger partial charge on any atom is -0.458 e. The molecule has 4 aliphatic rings. The molecule has 5 amide bonds. The van der Waals surface area contributed by atoms with Gasteiger partial charge in [-0.1, -0.05) is 57.5 Å². The Balaban J connectivity index is 0.835. The number of esters is 1. The average molecular weight is 1090 g/mol. The number of aromatic nitrogens is 2. The Morgan fingerprint density at radius 2 is 1.68 bits per heavy atom. The van der Waals surface area contributed by atoms with Crippen LogP contribution in [-0.2, 0) is 84.2 Å². The number of likely N-dealkylation sites (tertiary alicyclic amines) is 1. The highest BCUT2D eigenvalue weighted by atomic mass is 19.1. The third-order valence-corrected chi connectivity index (χ3v) is 15.8. The number of unbranched alkanes of at least 4 members (excludes halogenated alkanes) is 2. The number of cyclic esters (lactones) is 1. The molecule has 3 N–H and O–H groups in total. The molecule has 1 saturated heterocycles. The first-order valence-electron chi connectivity index (χ1n) is 27.5. The number of hydrogen-bond acceptors (Lipinski definition) is 14. The maximum atomic E-state index is 15.6. The van der Waals surface area contributed by atoms with E-state index in [4.69, 9.17) is 14.5 Å². The highest BCUT2D eigenvalue weighted by Gasteiger charge is 2.46. The Morgan fingerprint density at radius 1 is 0.924 bits per heavy atom. The summed E-state index contributed by atoms with van der Waals surface area (Å²) in [4.78, 5) is 138. The molecule has 2 aromatic carbocycles. The second kappa shape index (κ2) is 25.2. The summed E-state index contributed by atoms with van der Waals surface area (Å²) in [6.07, 6.45) is 3.36. The number of nitrogens with one attached hydrogen (secondary N) is 2. The van der Waals surface area contributed by atoms with Crippen LogP contribution in [0.15, 0.2) is 47.3 Å². The lowest BCUT2D eigenvalue weighted by Gasteiger charge is -2.37. The lowest BCUT2D eigenvalue weighted by Crippen LogP contribution is -2.44. The Morgan fingerprint density at radius 3 is 2.41 bits per heavy atom. The van der Waals surface area contributed by atoms with Crippen LogP contribution in [0.2, 0.25) is 0 Å². The Kier molecular flexibility index (Phi) is 18.5. The van der Waals surface area contributed by atoms with E-state index in [0.717, 1.165) is 16.7 Å². The van der Waals surface area contributed by atoms with Crippen molar-refractivity contribution in [2.24, 2.45) is 11.8 Å². The Labute approximate surface area is 457 Å². The number of amides is 5. The number of carbonyl (C=O) groups excluding carboxylic acids is 9. The summed E-state index contributed by atoms with van der Waals surface area (Å²) < 4.78 is 28.2. The van der Waals surface area contributed by atoms with Crippen molar-refractivity contribution in [2.75, 3.05) is 39.4 Å². The zero-order chi connectivity index (χ0) is 56.7. The van der Waals surface area contributed by atoms with Crippen molar-refractivity contribution in [1.29, 1.82) is 0 Å². The van der Waals surface area contributed by atoms with Gasteiger partial charge in [0.2, 0.25) is 29.5 Å². The molecular weight excluding hydrogens is 1020 g/mol. The van der Waals surface area contributed by atoms with Gasteiger partial charge in [0.15, 0.2) is 17.2 Å². The van der Waals surface area contributed by atoms with Crippen LogP contribution in [0.1, 0.15) is 143 Å². The summed E-state index contributed by atoms with van der Waals surface area (Å²) in [5.41, 5.74) is 2.32. The molecule has 79 heavy (non-hydrogen) atoms. The van der Waals surface area contributed by atoms with E-state index >= 15 is 4.39 Å². The molecule has 0 spiro atoms. The monoisotopic (exact) mass is 1090 g/mol. The Hall–Kier alpha value is -7.32. The van der Waals surface area contributed by atoms with Crippen LogP contribution in [0.5, 0.6) is 0 Å². The smallest absolute Gasteiger partial charge is 0.343 e. The van der Waals surface area contributed by atoms with Crippen LogP contribution >= 0.6 is 0 Å². The topological polar surface area (TPSA) is 258 Å². The Bertz CT molecular complexity index is 3160. The lowest BCUT2D eigenvalue weighted by atomic mass is 9.81. The number of carbonyl (C=O) groups is 9. The van der Waals surface area contributed by atoms with Gasteiger partial charge in [-0.25, -0.2) is 14.2 Å². The molecule has 0 radical (unpaired) electrons. The van der Waals surface area contributed by atoms with E-state index in [1.165, 1.54) is 15.5 Å². The maximum absolute atomic E-state index is 15.6. The van der Waals surface area contributed by atoms with Crippen molar-refractivity contribution in [3.63, 3.8) is 0 Å². The second-order valence-corrected chi connectivity index (χ2v) is 21.3. The minimum atomic E-state index is -2.05. The molecule has 1 fully saturated rings. The molecule has 0 bridgehead atoms. The molecule has 4 aromatic rings. The van der Waals surface area contributed by atoms with Gasteiger partial charge in [0, 0.05) is 86.0 Å². The largest absolute Gasteiger partial charge is 0.458 e. The first-order chi connectivity index (χ1) is 37.8. The molecule has 420 valence electrons. The van der Waals surface area contributed by atoms with Gasteiger partial charge < -0.3 is 34.7 Å². The first-order valence-corrected chi connectivity index (χ1v) is 27.5. The molecule has 19 nitrogen and oxygen atoms in total. The van der Waals surface area contributed by atoms with Gasteiger partial charge in [0.05, 0.1) is 54.8 Å². The third kappa shape index (κ3) is 12.6. The summed E-state index contributed by atoms with van der Waals surface area (Å²) in [6.45, 7) is 6.19. The standard InChI is InChI=1S/C59H69FN6O13/c1-5-21-64(47-18-17-41-35(4)45(60)28-46-52(41)53(47)42-31-66-48(54(42)63-46)27-44-43(57(66)75)32-79-58(76)59(44,77)6-2)51(72)33-78-23-20-39(68)29-62-55(73)37(25-36-13-9-7-10-14-36)26-40(69)30-61-49(70)19-16-38(67)15-11-8-12-22-65-50(71)24-34(3)56(65)74/h7,9-10,13-14,27-28,34,37,47,77H,5-6,8,11-12,15-26,29-33H2,1-4H3,(H,61,70)(H,62,73)/t34?,37-,47+,59+/m1/s1. The summed E-state index contributed by atoms with van der Waals surface area (Å²) in [7, 11) is 0. The normalized spacial score (nSPS) is 18.4. The van der Waals surface area contributed by atoms with E-state index in [-0.39, 0.29) is 137 Å². The fraction of sp³-hybridized carbons (Fsp3) is 0.508. The minimum absolute atomic E-state index is 0.0115. The SMILES string of the molecule is CCCN(C(=O)COCCC(=O)CNC(=O)[C@@H](CC(=O)CNC(=O)CCC(=O)CCCCCN1C(=O)CC(C)C1=O)Cc1ccccc1)[C@H]1CCc2c(C)c(F)cc3nc4c(c1c23)Cn1c-4cc2c(c1=O)COC(=O)[C@]2(O)CC. The molecule has 5 heterocycles. The van der Waals surface area contributed by atoms with Crippen LogP contribution in [0.4, 0.5) is 4.39 Å². The number of fused-ring (bicyclic) bond motifs is 5. The number of nitrogens with zero attached hydrogens (tertiary/aromatic N) is 4. The summed E-state index contributed by atoms with van der Waals surface area (Å²) in [5, 5.41) is 17.4. The predicted octanol–water partition coefficient (Wildman–Crippen LogP) is 5.08. The van der Waals surface area contributed by atoms with Crippen molar-refractivity contribution in [3.05, 3.63) is 97.6 Å². The van der Waals surface area contributed by atoms with E-state index in [1.54, 1.807) is 43.9 Å². The zero-order valence-electron chi connectivity index (χ0n) is 45.3.